The highest BCUT2D eigenvalue weighted by atomic mass is 15.3. The Kier molecular flexibility index (Phi) is 5.79. The second-order valence-corrected chi connectivity index (χ2v) is 6.76. The molecule has 0 aromatic carbocycles. The van der Waals surface area contributed by atoms with Gasteiger partial charge in [0.05, 0.1) is 0 Å². The second kappa shape index (κ2) is 7.38. The highest BCUT2D eigenvalue weighted by Gasteiger charge is 2.34. The molecular weight excluding hydrogens is 262 g/mol. The van der Waals surface area contributed by atoms with Crippen molar-refractivity contribution in [2.45, 2.75) is 64.0 Å². The molecule has 1 aromatic heterocycles. The molecule has 0 radical (unpaired) electrons. The lowest BCUT2D eigenvalue weighted by atomic mass is 9.88. The molecule has 2 rings (SSSR count). The standard InChI is InChI=1S/C16H31N5/c1-16(2,21-12-6-4-5-7-13-21)15(19-17)9-8-14-10-11-18-20(14)3/h10-11,15,19H,4-9,12-13,17H2,1-3H3. The van der Waals surface area contributed by atoms with Crippen molar-refractivity contribution in [3.05, 3.63) is 18.0 Å². The molecule has 1 fully saturated rings. The molecule has 2 heterocycles. The van der Waals surface area contributed by atoms with Crippen molar-refractivity contribution >= 4 is 0 Å². The molecule has 0 spiro atoms. The number of hydrazine groups is 1. The van der Waals surface area contributed by atoms with Gasteiger partial charge < -0.3 is 0 Å². The van der Waals surface area contributed by atoms with Gasteiger partial charge in [0.15, 0.2) is 0 Å². The van der Waals surface area contributed by atoms with Crippen LogP contribution < -0.4 is 11.3 Å². The minimum atomic E-state index is 0.0810. The molecule has 3 N–H and O–H groups in total. The summed E-state index contributed by atoms with van der Waals surface area (Å²) in [5.74, 6) is 5.88. The highest BCUT2D eigenvalue weighted by Crippen LogP contribution is 2.25. The number of rotatable bonds is 6. The van der Waals surface area contributed by atoms with Crippen molar-refractivity contribution < 1.29 is 0 Å². The van der Waals surface area contributed by atoms with Gasteiger partial charge >= 0.3 is 0 Å². The molecule has 1 unspecified atom stereocenters. The molecule has 0 amide bonds. The van der Waals surface area contributed by atoms with E-state index in [1.807, 2.05) is 17.9 Å². The molecule has 0 aliphatic carbocycles. The largest absolute Gasteiger partial charge is 0.297 e. The summed E-state index contributed by atoms with van der Waals surface area (Å²) in [7, 11) is 2.00. The average molecular weight is 293 g/mol. The number of nitrogens with zero attached hydrogens (tertiary/aromatic N) is 3. The van der Waals surface area contributed by atoms with Crippen molar-refractivity contribution in [1.29, 1.82) is 0 Å². The summed E-state index contributed by atoms with van der Waals surface area (Å²) in [5.41, 5.74) is 4.42. The zero-order valence-electron chi connectivity index (χ0n) is 13.8. The zero-order chi connectivity index (χ0) is 15.3. The van der Waals surface area contributed by atoms with Gasteiger partial charge in [0.2, 0.25) is 0 Å². The van der Waals surface area contributed by atoms with E-state index in [4.69, 9.17) is 5.84 Å². The van der Waals surface area contributed by atoms with E-state index in [1.165, 1.54) is 44.5 Å². The first-order valence-corrected chi connectivity index (χ1v) is 8.23. The molecule has 1 saturated heterocycles. The minimum absolute atomic E-state index is 0.0810. The highest BCUT2D eigenvalue weighted by molar-refractivity contribution is 5.02. The predicted octanol–water partition coefficient (Wildman–Crippen LogP) is 1.84. The molecule has 120 valence electrons. The third kappa shape index (κ3) is 4.05. The maximum absolute atomic E-state index is 5.88. The summed E-state index contributed by atoms with van der Waals surface area (Å²) < 4.78 is 1.95. The van der Waals surface area contributed by atoms with Gasteiger partial charge in [-0.05, 0) is 58.7 Å². The number of hydrogen-bond donors (Lipinski definition) is 2. The summed E-state index contributed by atoms with van der Waals surface area (Å²) in [6.45, 7) is 7.03. The van der Waals surface area contributed by atoms with E-state index in [0.29, 0.717) is 0 Å². The Morgan fingerprint density at radius 1 is 1.29 bits per heavy atom. The van der Waals surface area contributed by atoms with Crippen molar-refractivity contribution in [2.75, 3.05) is 13.1 Å². The van der Waals surface area contributed by atoms with E-state index < -0.39 is 0 Å². The second-order valence-electron chi connectivity index (χ2n) is 6.76. The van der Waals surface area contributed by atoms with E-state index in [0.717, 1.165) is 12.8 Å². The minimum Gasteiger partial charge on any atom is -0.297 e. The van der Waals surface area contributed by atoms with E-state index in [1.54, 1.807) is 0 Å². The maximum atomic E-state index is 5.88. The van der Waals surface area contributed by atoms with Crippen LogP contribution in [0.2, 0.25) is 0 Å². The van der Waals surface area contributed by atoms with Crippen molar-refractivity contribution in [3.63, 3.8) is 0 Å². The first-order valence-electron chi connectivity index (χ1n) is 8.23. The SMILES string of the molecule is Cn1nccc1CCC(NN)C(C)(C)N1CCCCCC1. The number of aryl methyl sites for hydroxylation is 2. The molecule has 5 nitrogen and oxygen atoms in total. The summed E-state index contributed by atoms with van der Waals surface area (Å²) in [6.07, 6.45) is 9.23. The van der Waals surface area contributed by atoms with E-state index >= 15 is 0 Å². The molecule has 21 heavy (non-hydrogen) atoms. The monoisotopic (exact) mass is 293 g/mol. The molecule has 1 aliphatic heterocycles. The third-order valence-corrected chi connectivity index (χ3v) is 5.09. The molecule has 1 aromatic rings. The Hall–Kier alpha value is -0.910. The summed E-state index contributed by atoms with van der Waals surface area (Å²) in [4.78, 5) is 2.62. The van der Waals surface area contributed by atoms with Crippen LogP contribution in [0.25, 0.3) is 0 Å². The molecule has 0 saturated carbocycles. The first kappa shape index (κ1) is 16.5. The van der Waals surface area contributed by atoms with Crippen LogP contribution in [0.3, 0.4) is 0 Å². The lowest BCUT2D eigenvalue weighted by Gasteiger charge is -2.43. The van der Waals surface area contributed by atoms with Gasteiger partial charge in [0, 0.05) is 30.5 Å². The Morgan fingerprint density at radius 2 is 1.95 bits per heavy atom. The van der Waals surface area contributed by atoms with Crippen LogP contribution in [-0.4, -0.2) is 39.4 Å². The summed E-state index contributed by atoms with van der Waals surface area (Å²) >= 11 is 0. The van der Waals surface area contributed by atoms with Crippen LogP contribution >= 0.6 is 0 Å². The smallest absolute Gasteiger partial charge is 0.0492 e. The fraction of sp³-hybridized carbons (Fsp3) is 0.812. The fourth-order valence-electron chi connectivity index (χ4n) is 3.45. The summed E-state index contributed by atoms with van der Waals surface area (Å²) in [5, 5.41) is 4.24. The lowest BCUT2D eigenvalue weighted by molar-refractivity contribution is 0.0800. The van der Waals surface area contributed by atoms with Gasteiger partial charge in [0.1, 0.15) is 0 Å². The number of aromatic nitrogens is 2. The van der Waals surface area contributed by atoms with Crippen LogP contribution in [0.15, 0.2) is 12.3 Å². The van der Waals surface area contributed by atoms with Gasteiger partial charge in [0.25, 0.3) is 0 Å². The maximum Gasteiger partial charge on any atom is 0.0492 e. The quantitative estimate of drug-likeness (QED) is 0.621. The van der Waals surface area contributed by atoms with Crippen LogP contribution in [0.4, 0.5) is 0 Å². The van der Waals surface area contributed by atoms with Crippen LogP contribution in [0.5, 0.6) is 0 Å². The predicted molar refractivity (Wildman–Crippen MR) is 86.8 cm³/mol. The molecule has 5 heteroatoms. The average Bonchev–Trinajstić information content (AvgIpc) is 2.70. The number of hydrogen-bond acceptors (Lipinski definition) is 4. The molecule has 1 aliphatic rings. The number of nitrogens with two attached hydrogens (primary N) is 1. The van der Waals surface area contributed by atoms with Crippen molar-refractivity contribution in [3.8, 4) is 0 Å². The van der Waals surface area contributed by atoms with Gasteiger partial charge in [-0.15, -0.1) is 0 Å². The third-order valence-electron chi connectivity index (χ3n) is 5.09. The van der Waals surface area contributed by atoms with Gasteiger partial charge in [-0.3, -0.25) is 20.9 Å². The van der Waals surface area contributed by atoms with E-state index in [9.17, 15) is 0 Å². The summed E-state index contributed by atoms with van der Waals surface area (Å²) in [6, 6.07) is 2.37. The fourth-order valence-corrected chi connectivity index (χ4v) is 3.45. The van der Waals surface area contributed by atoms with Crippen LogP contribution in [-0.2, 0) is 13.5 Å². The van der Waals surface area contributed by atoms with Crippen LogP contribution in [0.1, 0.15) is 51.6 Å². The first-order chi connectivity index (χ1) is 10.1. The lowest BCUT2D eigenvalue weighted by Crippen LogP contribution is -2.59. The Bertz CT molecular complexity index is 418. The topological polar surface area (TPSA) is 59.1 Å². The van der Waals surface area contributed by atoms with Crippen LogP contribution in [0, 0.1) is 0 Å². The molecule has 1 atom stereocenters. The van der Waals surface area contributed by atoms with Crippen molar-refractivity contribution in [1.82, 2.24) is 20.1 Å². The normalized spacial score (nSPS) is 19.4. The van der Waals surface area contributed by atoms with Gasteiger partial charge in [-0.2, -0.15) is 5.10 Å². The zero-order valence-corrected chi connectivity index (χ0v) is 13.8. The van der Waals surface area contributed by atoms with E-state index in [2.05, 4.69) is 35.3 Å². The van der Waals surface area contributed by atoms with Gasteiger partial charge in [-0.1, -0.05) is 12.8 Å². The Balaban J connectivity index is 1.98. The van der Waals surface area contributed by atoms with Crippen molar-refractivity contribution in [2.24, 2.45) is 12.9 Å². The Labute approximate surface area is 128 Å². The Morgan fingerprint density at radius 3 is 2.48 bits per heavy atom. The van der Waals surface area contributed by atoms with E-state index in [-0.39, 0.29) is 11.6 Å². The number of likely N-dealkylation sites (tertiary alicyclic amines) is 1. The molecular formula is C16H31N5. The molecule has 0 bridgehead atoms. The van der Waals surface area contributed by atoms with Gasteiger partial charge in [-0.25, -0.2) is 0 Å². The number of nitrogens with one attached hydrogen (secondary N) is 1.